The molecule has 1 fully saturated rings. The fourth-order valence-electron chi connectivity index (χ4n) is 3.84. The number of ether oxygens (including phenoxy) is 3. The minimum atomic E-state index is -0.00187. The van der Waals surface area contributed by atoms with E-state index in [2.05, 4.69) is 0 Å². The Kier molecular flexibility index (Phi) is 5.59. The Bertz CT molecular complexity index is 1080. The normalized spacial score (nSPS) is 19.0. The standard InChI is InChI=1S/C24H26N2O4/c1-15-14-30-16(2)13-26(15)24(27)19-12-21(25-20-8-6-5-7-18(19)20)17-9-10-22(28-3)23(11-17)29-4/h5-12,15-16H,13-14H2,1-4H3. The van der Waals surface area contributed by atoms with E-state index in [0.717, 1.165) is 16.5 Å². The zero-order valence-corrected chi connectivity index (χ0v) is 17.7. The molecule has 2 atom stereocenters. The van der Waals surface area contributed by atoms with E-state index in [1.165, 1.54) is 0 Å². The Labute approximate surface area is 176 Å². The van der Waals surface area contributed by atoms with Crippen molar-refractivity contribution in [2.24, 2.45) is 0 Å². The lowest BCUT2D eigenvalue weighted by Crippen LogP contribution is -2.50. The van der Waals surface area contributed by atoms with Crippen LogP contribution in [0.2, 0.25) is 0 Å². The Morgan fingerprint density at radius 2 is 1.83 bits per heavy atom. The van der Waals surface area contributed by atoms with Gasteiger partial charge in [0.1, 0.15) is 0 Å². The molecule has 2 heterocycles. The molecule has 30 heavy (non-hydrogen) atoms. The maximum absolute atomic E-state index is 13.6. The van der Waals surface area contributed by atoms with Crippen LogP contribution >= 0.6 is 0 Å². The molecule has 6 nitrogen and oxygen atoms in total. The highest BCUT2D eigenvalue weighted by Crippen LogP contribution is 2.33. The number of methoxy groups -OCH3 is 2. The highest BCUT2D eigenvalue weighted by Gasteiger charge is 2.29. The van der Waals surface area contributed by atoms with Crippen LogP contribution in [0.5, 0.6) is 11.5 Å². The first-order chi connectivity index (χ1) is 14.5. The van der Waals surface area contributed by atoms with Crippen LogP contribution in [0.3, 0.4) is 0 Å². The summed E-state index contributed by atoms with van der Waals surface area (Å²) in [6, 6.07) is 15.3. The fourth-order valence-corrected chi connectivity index (χ4v) is 3.84. The van der Waals surface area contributed by atoms with Crippen LogP contribution in [-0.2, 0) is 4.74 Å². The second kappa shape index (κ2) is 8.32. The van der Waals surface area contributed by atoms with Gasteiger partial charge >= 0.3 is 0 Å². The van der Waals surface area contributed by atoms with Gasteiger partial charge in [-0.05, 0) is 44.2 Å². The fraction of sp³-hybridized carbons (Fsp3) is 0.333. The number of fused-ring (bicyclic) bond motifs is 1. The van der Waals surface area contributed by atoms with Gasteiger partial charge in [-0.1, -0.05) is 18.2 Å². The van der Waals surface area contributed by atoms with E-state index in [4.69, 9.17) is 19.2 Å². The number of morpholine rings is 1. The van der Waals surface area contributed by atoms with Crippen molar-refractivity contribution >= 4 is 16.8 Å². The zero-order valence-electron chi connectivity index (χ0n) is 17.7. The lowest BCUT2D eigenvalue weighted by atomic mass is 10.0. The molecule has 1 aliphatic heterocycles. The number of carbonyl (C=O) groups is 1. The van der Waals surface area contributed by atoms with Gasteiger partial charge in [0.15, 0.2) is 11.5 Å². The van der Waals surface area contributed by atoms with Gasteiger partial charge in [-0.25, -0.2) is 4.98 Å². The third-order valence-corrected chi connectivity index (χ3v) is 5.49. The van der Waals surface area contributed by atoms with E-state index >= 15 is 0 Å². The number of rotatable bonds is 4. The van der Waals surface area contributed by atoms with Crippen molar-refractivity contribution in [3.63, 3.8) is 0 Å². The number of para-hydroxylation sites is 1. The molecule has 156 valence electrons. The molecule has 2 aromatic carbocycles. The van der Waals surface area contributed by atoms with Crippen molar-refractivity contribution in [3.05, 3.63) is 54.1 Å². The van der Waals surface area contributed by atoms with Crippen molar-refractivity contribution < 1.29 is 19.0 Å². The first-order valence-electron chi connectivity index (χ1n) is 10.1. The van der Waals surface area contributed by atoms with Gasteiger partial charge in [0, 0.05) is 17.5 Å². The molecule has 4 rings (SSSR count). The summed E-state index contributed by atoms with van der Waals surface area (Å²) in [6.07, 6.45) is 0.0172. The largest absolute Gasteiger partial charge is 0.493 e. The second-order valence-corrected chi connectivity index (χ2v) is 7.59. The summed E-state index contributed by atoms with van der Waals surface area (Å²) in [6.45, 7) is 5.12. The average molecular weight is 406 g/mol. The Morgan fingerprint density at radius 3 is 2.60 bits per heavy atom. The number of hydrogen-bond donors (Lipinski definition) is 0. The smallest absolute Gasteiger partial charge is 0.255 e. The molecule has 0 spiro atoms. The number of nitrogens with zero attached hydrogens (tertiary/aromatic N) is 2. The number of hydrogen-bond acceptors (Lipinski definition) is 5. The van der Waals surface area contributed by atoms with Gasteiger partial charge < -0.3 is 19.1 Å². The second-order valence-electron chi connectivity index (χ2n) is 7.59. The molecule has 1 saturated heterocycles. The van der Waals surface area contributed by atoms with Crippen LogP contribution < -0.4 is 9.47 Å². The number of pyridine rings is 1. The monoisotopic (exact) mass is 406 g/mol. The first-order valence-corrected chi connectivity index (χ1v) is 10.1. The quantitative estimate of drug-likeness (QED) is 0.651. The number of aromatic nitrogens is 1. The number of benzene rings is 2. The Morgan fingerprint density at radius 1 is 1.07 bits per heavy atom. The summed E-state index contributed by atoms with van der Waals surface area (Å²) in [7, 11) is 3.21. The van der Waals surface area contributed by atoms with Gasteiger partial charge in [0.05, 0.1) is 49.7 Å². The first kappa shape index (κ1) is 20.2. The SMILES string of the molecule is COc1ccc(-c2cc(C(=O)N3CC(C)OCC3C)c3ccccc3n2)cc1OC. The van der Waals surface area contributed by atoms with Gasteiger partial charge in [-0.15, -0.1) is 0 Å². The maximum Gasteiger partial charge on any atom is 0.255 e. The van der Waals surface area contributed by atoms with E-state index in [9.17, 15) is 4.79 Å². The van der Waals surface area contributed by atoms with Crippen LogP contribution in [0.1, 0.15) is 24.2 Å². The minimum Gasteiger partial charge on any atom is -0.493 e. The van der Waals surface area contributed by atoms with Crippen molar-refractivity contribution in [2.75, 3.05) is 27.4 Å². The molecule has 1 aliphatic rings. The van der Waals surface area contributed by atoms with Crippen molar-refractivity contribution in [1.82, 2.24) is 9.88 Å². The van der Waals surface area contributed by atoms with E-state index in [-0.39, 0.29) is 18.1 Å². The van der Waals surface area contributed by atoms with Crippen molar-refractivity contribution in [1.29, 1.82) is 0 Å². The van der Waals surface area contributed by atoms with Crippen molar-refractivity contribution in [3.8, 4) is 22.8 Å². The summed E-state index contributed by atoms with van der Waals surface area (Å²) in [4.78, 5) is 20.3. The molecule has 3 aromatic rings. The maximum atomic E-state index is 13.6. The number of amides is 1. The molecule has 6 heteroatoms. The van der Waals surface area contributed by atoms with Crippen LogP contribution in [0.25, 0.3) is 22.2 Å². The third kappa shape index (κ3) is 3.71. The lowest BCUT2D eigenvalue weighted by molar-refractivity contribution is -0.0386. The average Bonchev–Trinajstić information content (AvgIpc) is 2.78. The summed E-state index contributed by atoms with van der Waals surface area (Å²) < 4.78 is 16.5. The summed E-state index contributed by atoms with van der Waals surface area (Å²) in [5, 5.41) is 0.845. The topological polar surface area (TPSA) is 60.9 Å². The van der Waals surface area contributed by atoms with E-state index in [0.29, 0.717) is 35.9 Å². The highest BCUT2D eigenvalue weighted by molar-refractivity contribution is 6.07. The summed E-state index contributed by atoms with van der Waals surface area (Å²) in [5.41, 5.74) is 3.00. The molecule has 0 radical (unpaired) electrons. The minimum absolute atomic E-state index is 0.00187. The molecular formula is C24H26N2O4. The predicted octanol–water partition coefficient (Wildman–Crippen LogP) is 4.17. The third-order valence-electron chi connectivity index (χ3n) is 5.49. The predicted molar refractivity (Wildman–Crippen MR) is 116 cm³/mol. The number of carbonyl (C=O) groups excluding carboxylic acids is 1. The van der Waals surface area contributed by atoms with Crippen LogP contribution in [0, 0.1) is 0 Å². The molecular weight excluding hydrogens is 380 g/mol. The van der Waals surface area contributed by atoms with Crippen LogP contribution in [0.15, 0.2) is 48.5 Å². The van der Waals surface area contributed by atoms with E-state index in [1.54, 1.807) is 14.2 Å². The molecule has 0 aliphatic carbocycles. The van der Waals surface area contributed by atoms with Gasteiger partial charge in [0.2, 0.25) is 0 Å². The van der Waals surface area contributed by atoms with Gasteiger partial charge in [-0.2, -0.15) is 0 Å². The molecule has 0 saturated carbocycles. The summed E-state index contributed by atoms with van der Waals surface area (Å²) >= 11 is 0. The zero-order chi connectivity index (χ0) is 21.3. The summed E-state index contributed by atoms with van der Waals surface area (Å²) in [5.74, 6) is 1.26. The molecule has 2 unspecified atom stereocenters. The van der Waals surface area contributed by atoms with Gasteiger partial charge in [-0.3, -0.25) is 4.79 Å². The molecule has 1 amide bonds. The lowest BCUT2D eigenvalue weighted by Gasteiger charge is -2.37. The molecule has 0 bridgehead atoms. The Balaban J connectivity index is 1.83. The highest BCUT2D eigenvalue weighted by atomic mass is 16.5. The van der Waals surface area contributed by atoms with Crippen LogP contribution in [0.4, 0.5) is 0 Å². The van der Waals surface area contributed by atoms with E-state index in [1.807, 2.05) is 67.3 Å². The van der Waals surface area contributed by atoms with Crippen molar-refractivity contribution in [2.45, 2.75) is 26.0 Å². The van der Waals surface area contributed by atoms with E-state index < -0.39 is 0 Å². The molecule has 1 aromatic heterocycles. The molecule has 0 N–H and O–H groups in total. The van der Waals surface area contributed by atoms with Gasteiger partial charge in [0.25, 0.3) is 5.91 Å². The van der Waals surface area contributed by atoms with Crippen LogP contribution in [-0.4, -0.2) is 55.3 Å². The Hall–Kier alpha value is -3.12.